The summed E-state index contributed by atoms with van der Waals surface area (Å²) in [5, 5.41) is 0. The van der Waals surface area contributed by atoms with Crippen LogP contribution < -0.4 is 14.2 Å². The van der Waals surface area contributed by atoms with Crippen LogP contribution in [0.5, 0.6) is 17.2 Å². The molecule has 0 spiro atoms. The van der Waals surface area contributed by atoms with Crippen LogP contribution >= 0.6 is 0 Å². The predicted octanol–water partition coefficient (Wildman–Crippen LogP) is 7.71. The fourth-order valence-corrected chi connectivity index (χ4v) is 4.48. The predicted molar refractivity (Wildman–Crippen MR) is 173 cm³/mol. The topological polar surface area (TPSA) is 114 Å². The number of esters is 4. The van der Waals surface area contributed by atoms with Gasteiger partial charge in [0.25, 0.3) is 0 Å². The summed E-state index contributed by atoms with van der Waals surface area (Å²) in [6.07, 6.45) is 2.16. The first kappa shape index (κ1) is 35.8. The number of ether oxygens (including phenoxy) is 5. The van der Waals surface area contributed by atoms with Gasteiger partial charge in [0.05, 0.1) is 42.9 Å². The lowest BCUT2D eigenvalue weighted by molar-refractivity contribution is -0.154. The van der Waals surface area contributed by atoms with E-state index in [-0.39, 0.29) is 39.8 Å². The minimum atomic E-state index is -0.606. The van der Waals surface area contributed by atoms with Gasteiger partial charge in [0.2, 0.25) is 0 Å². The van der Waals surface area contributed by atoms with E-state index in [1.165, 1.54) is 55.6 Å². The maximum atomic E-state index is 12.7. The summed E-state index contributed by atoms with van der Waals surface area (Å²) in [5.74, 6) is -0.834. The van der Waals surface area contributed by atoms with Crippen molar-refractivity contribution in [3.05, 3.63) is 89.5 Å². The average molecular weight is 633 g/mol. The first-order chi connectivity index (χ1) is 21.7. The Morgan fingerprint density at radius 3 is 1.41 bits per heavy atom. The van der Waals surface area contributed by atoms with Crippen LogP contribution in [0.25, 0.3) is 0 Å². The number of benzene rings is 3. The lowest BCUT2D eigenvalue weighted by atomic mass is 9.72. The molecule has 0 saturated carbocycles. The second kappa shape index (κ2) is 16.1. The van der Waals surface area contributed by atoms with Gasteiger partial charge < -0.3 is 23.7 Å². The number of hydrogen-bond acceptors (Lipinski definition) is 9. The first-order valence-corrected chi connectivity index (χ1v) is 15.3. The summed E-state index contributed by atoms with van der Waals surface area (Å²) in [5.41, 5.74) is 0.791. The summed E-state index contributed by atoms with van der Waals surface area (Å²) in [6, 6.07) is 18.5. The molecule has 0 amide bonds. The standard InChI is InChI=1S/C37H44O9/c1-36(2,3)24-31(37(4,5)6)35(41)44-23-9-8-22-43-28-16-10-26(11-17-28)33(39)46-30-20-14-27(15-21-30)34(40)45-29-18-12-25(13-19-29)32(38)42-7/h10-21,31H,8-9,22-24H2,1-7H3. The van der Waals surface area contributed by atoms with Crippen molar-refractivity contribution in [3.63, 3.8) is 0 Å². The van der Waals surface area contributed by atoms with Crippen LogP contribution in [0.15, 0.2) is 72.8 Å². The Morgan fingerprint density at radius 1 is 0.587 bits per heavy atom. The van der Waals surface area contributed by atoms with Gasteiger partial charge in [-0.3, -0.25) is 4.79 Å². The number of unbranched alkanes of at least 4 members (excludes halogenated alkanes) is 1. The molecule has 3 aromatic rings. The molecule has 246 valence electrons. The molecule has 9 nitrogen and oxygen atoms in total. The highest BCUT2D eigenvalue weighted by Crippen LogP contribution is 2.36. The second-order valence-electron chi connectivity index (χ2n) is 13.3. The number of rotatable bonds is 13. The molecule has 0 fully saturated rings. The van der Waals surface area contributed by atoms with Gasteiger partial charge in [-0.05, 0) is 103 Å². The van der Waals surface area contributed by atoms with Gasteiger partial charge in [-0.15, -0.1) is 0 Å². The van der Waals surface area contributed by atoms with Crippen molar-refractivity contribution in [1.82, 2.24) is 0 Å². The molecule has 3 rings (SSSR count). The van der Waals surface area contributed by atoms with Crippen molar-refractivity contribution in [3.8, 4) is 17.2 Å². The van der Waals surface area contributed by atoms with Gasteiger partial charge in [-0.1, -0.05) is 41.5 Å². The second-order valence-corrected chi connectivity index (χ2v) is 13.3. The van der Waals surface area contributed by atoms with Crippen LogP contribution in [0.4, 0.5) is 0 Å². The highest BCUT2D eigenvalue weighted by atomic mass is 16.5. The Balaban J connectivity index is 1.40. The summed E-state index contributed by atoms with van der Waals surface area (Å²) in [6.45, 7) is 13.4. The molecule has 3 aromatic carbocycles. The van der Waals surface area contributed by atoms with E-state index < -0.39 is 17.9 Å². The molecule has 0 aliphatic carbocycles. The molecule has 9 heteroatoms. The van der Waals surface area contributed by atoms with E-state index in [0.29, 0.717) is 42.9 Å². The first-order valence-electron chi connectivity index (χ1n) is 15.3. The van der Waals surface area contributed by atoms with Crippen LogP contribution in [0.2, 0.25) is 0 Å². The number of hydrogen-bond donors (Lipinski definition) is 0. The Kier molecular flexibility index (Phi) is 12.5. The van der Waals surface area contributed by atoms with Crippen LogP contribution in [0.3, 0.4) is 0 Å². The Hall–Kier alpha value is -4.66. The minimum absolute atomic E-state index is 0.0334. The van der Waals surface area contributed by atoms with Gasteiger partial charge in [0.15, 0.2) is 0 Å². The molecule has 46 heavy (non-hydrogen) atoms. The maximum absolute atomic E-state index is 12.7. The SMILES string of the molecule is COC(=O)c1ccc(OC(=O)c2ccc(OC(=O)c3ccc(OCCCCOC(=O)C(CC(C)(C)C)C(C)(C)C)cc3)cc2)cc1. The van der Waals surface area contributed by atoms with Gasteiger partial charge in [0.1, 0.15) is 17.2 Å². The van der Waals surface area contributed by atoms with E-state index in [2.05, 4.69) is 46.3 Å². The maximum Gasteiger partial charge on any atom is 0.343 e. The Bertz CT molecular complexity index is 1460. The summed E-state index contributed by atoms with van der Waals surface area (Å²) >= 11 is 0. The molecule has 0 aromatic heterocycles. The summed E-state index contributed by atoms with van der Waals surface area (Å²) in [7, 11) is 1.28. The monoisotopic (exact) mass is 632 g/mol. The van der Waals surface area contributed by atoms with Crippen molar-refractivity contribution in [2.45, 2.75) is 60.8 Å². The smallest absolute Gasteiger partial charge is 0.343 e. The molecule has 1 unspecified atom stereocenters. The van der Waals surface area contributed by atoms with Crippen molar-refractivity contribution in [2.24, 2.45) is 16.7 Å². The highest BCUT2D eigenvalue weighted by molar-refractivity contribution is 5.93. The van der Waals surface area contributed by atoms with Crippen molar-refractivity contribution in [1.29, 1.82) is 0 Å². The van der Waals surface area contributed by atoms with Crippen LogP contribution in [0.1, 0.15) is 91.9 Å². The summed E-state index contributed by atoms with van der Waals surface area (Å²) < 4.78 is 26.8. The lowest BCUT2D eigenvalue weighted by Gasteiger charge is -2.33. The third-order valence-electron chi connectivity index (χ3n) is 7.07. The third-order valence-corrected chi connectivity index (χ3v) is 7.07. The molecule has 0 aliphatic rings. The highest BCUT2D eigenvalue weighted by Gasteiger charge is 2.35. The molecule has 1 atom stereocenters. The molecular weight excluding hydrogens is 588 g/mol. The molecule has 0 radical (unpaired) electrons. The largest absolute Gasteiger partial charge is 0.494 e. The van der Waals surface area contributed by atoms with E-state index >= 15 is 0 Å². The van der Waals surface area contributed by atoms with E-state index in [4.69, 9.17) is 18.9 Å². The zero-order chi connectivity index (χ0) is 33.9. The van der Waals surface area contributed by atoms with Crippen LogP contribution in [-0.2, 0) is 14.3 Å². The molecule has 0 N–H and O–H groups in total. The van der Waals surface area contributed by atoms with Crippen molar-refractivity contribution < 1.29 is 42.9 Å². The lowest BCUT2D eigenvalue weighted by Crippen LogP contribution is -2.33. The molecule has 0 aliphatic heterocycles. The molecular formula is C37H44O9. The van der Waals surface area contributed by atoms with Crippen LogP contribution in [0, 0.1) is 16.7 Å². The zero-order valence-corrected chi connectivity index (χ0v) is 27.7. The van der Waals surface area contributed by atoms with Gasteiger partial charge >= 0.3 is 23.9 Å². The fourth-order valence-electron chi connectivity index (χ4n) is 4.48. The number of methoxy groups -OCH3 is 1. The Morgan fingerprint density at radius 2 is 1.00 bits per heavy atom. The van der Waals surface area contributed by atoms with Crippen LogP contribution in [-0.4, -0.2) is 44.2 Å². The summed E-state index contributed by atoms with van der Waals surface area (Å²) in [4.78, 5) is 49.4. The quantitative estimate of drug-likeness (QED) is 0.106. The van der Waals surface area contributed by atoms with Crippen molar-refractivity contribution >= 4 is 23.9 Å². The molecule has 0 bridgehead atoms. The minimum Gasteiger partial charge on any atom is -0.494 e. The Labute approximate surface area is 271 Å². The fraction of sp³-hybridized carbons (Fsp3) is 0.405. The average Bonchev–Trinajstić information content (AvgIpc) is 3.01. The van der Waals surface area contributed by atoms with Gasteiger partial charge in [0, 0.05) is 0 Å². The number of carbonyl (C=O) groups is 4. The molecule has 0 saturated heterocycles. The molecule has 0 heterocycles. The van der Waals surface area contributed by atoms with Gasteiger partial charge in [-0.2, -0.15) is 0 Å². The van der Waals surface area contributed by atoms with E-state index in [1.54, 1.807) is 24.3 Å². The van der Waals surface area contributed by atoms with Crippen molar-refractivity contribution in [2.75, 3.05) is 20.3 Å². The third kappa shape index (κ3) is 11.4. The van der Waals surface area contributed by atoms with E-state index in [1.807, 2.05) is 0 Å². The zero-order valence-electron chi connectivity index (χ0n) is 27.7. The number of carbonyl (C=O) groups excluding carboxylic acids is 4. The van der Waals surface area contributed by atoms with Gasteiger partial charge in [-0.25, -0.2) is 14.4 Å². The normalized spacial score (nSPS) is 12.1. The van der Waals surface area contributed by atoms with E-state index in [9.17, 15) is 19.2 Å². The van der Waals surface area contributed by atoms with E-state index in [0.717, 1.165) is 6.42 Å².